The number of carbonyl (C=O) groups is 1. The fraction of sp³-hybridized carbons (Fsp3) is 0.120. The van der Waals surface area contributed by atoms with E-state index in [2.05, 4.69) is 30.9 Å². The van der Waals surface area contributed by atoms with Crippen molar-refractivity contribution in [1.82, 2.24) is 15.0 Å². The van der Waals surface area contributed by atoms with E-state index in [0.29, 0.717) is 23.9 Å². The normalized spacial score (nSPS) is 11.4. The lowest BCUT2D eigenvalue weighted by Crippen LogP contribution is -2.19. The molecule has 0 aliphatic carbocycles. The summed E-state index contributed by atoms with van der Waals surface area (Å²) in [5.41, 5.74) is 1.13. The van der Waals surface area contributed by atoms with Crippen LogP contribution in [-0.4, -0.2) is 32.6 Å². The van der Waals surface area contributed by atoms with Gasteiger partial charge in [0.2, 0.25) is 0 Å². The molecule has 0 fully saturated rings. The number of thiazole rings is 1. The molecule has 3 aromatic heterocycles. The SMILES string of the molecule is O=C(Nc1ccc(C(F)(F)F)cc1)Nc1ncc(CCNc2ncnc3cc(-c4cccc(O)c4)sc23)s1. The minimum absolute atomic E-state index is 0.194. The molecule has 194 valence electrons. The van der Waals surface area contributed by atoms with E-state index in [1.807, 2.05) is 12.1 Å². The highest BCUT2D eigenvalue weighted by atomic mass is 32.1. The van der Waals surface area contributed by atoms with Crippen molar-refractivity contribution in [3.8, 4) is 16.2 Å². The number of thiophene rings is 1. The number of phenolic OH excluding ortho intramolecular Hbond substituents is 1. The largest absolute Gasteiger partial charge is 0.508 e. The van der Waals surface area contributed by atoms with Gasteiger partial charge in [-0.3, -0.25) is 5.32 Å². The van der Waals surface area contributed by atoms with Crippen molar-refractivity contribution in [2.45, 2.75) is 12.6 Å². The number of nitrogens with one attached hydrogen (secondary N) is 3. The highest BCUT2D eigenvalue weighted by Crippen LogP contribution is 2.36. The van der Waals surface area contributed by atoms with E-state index in [-0.39, 0.29) is 11.4 Å². The van der Waals surface area contributed by atoms with Crippen molar-refractivity contribution in [1.29, 1.82) is 0 Å². The fourth-order valence-electron chi connectivity index (χ4n) is 3.57. The van der Waals surface area contributed by atoms with E-state index in [4.69, 9.17) is 0 Å². The summed E-state index contributed by atoms with van der Waals surface area (Å²) in [4.78, 5) is 27.0. The van der Waals surface area contributed by atoms with Crippen LogP contribution in [0.2, 0.25) is 0 Å². The van der Waals surface area contributed by atoms with Gasteiger partial charge in [-0.15, -0.1) is 22.7 Å². The lowest BCUT2D eigenvalue weighted by Gasteiger charge is -2.08. The van der Waals surface area contributed by atoms with Crippen molar-refractivity contribution in [2.24, 2.45) is 0 Å². The van der Waals surface area contributed by atoms with Gasteiger partial charge in [-0.2, -0.15) is 13.2 Å². The van der Waals surface area contributed by atoms with Gasteiger partial charge in [0.1, 0.15) is 17.9 Å². The number of nitrogens with zero attached hydrogens (tertiary/aromatic N) is 3. The van der Waals surface area contributed by atoms with E-state index in [0.717, 1.165) is 37.7 Å². The molecule has 5 aromatic rings. The zero-order valence-corrected chi connectivity index (χ0v) is 21.0. The molecule has 0 unspecified atom stereocenters. The number of amides is 2. The number of benzene rings is 2. The minimum Gasteiger partial charge on any atom is -0.508 e. The second-order valence-electron chi connectivity index (χ2n) is 8.06. The molecule has 0 atom stereocenters. The Balaban J connectivity index is 1.16. The van der Waals surface area contributed by atoms with Gasteiger partial charge >= 0.3 is 12.2 Å². The highest BCUT2D eigenvalue weighted by molar-refractivity contribution is 7.22. The first-order valence-electron chi connectivity index (χ1n) is 11.2. The van der Waals surface area contributed by atoms with Crippen LogP contribution in [0.15, 0.2) is 67.1 Å². The molecule has 0 saturated carbocycles. The predicted octanol–water partition coefficient (Wildman–Crippen LogP) is 6.84. The maximum absolute atomic E-state index is 12.7. The van der Waals surface area contributed by atoms with Crippen LogP contribution in [-0.2, 0) is 12.6 Å². The van der Waals surface area contributed by atoms with Crippen molar-refractivity contribution < 1.29 is 23.1 Å². The van der Waals surface area contributed by atoms with Crippen molar-refractivity contribution in [3.63, 3.8) is 0 Å². The maximum Gasteiger partial charge on any atom is 0.416 e. The zero-order chi connectivity index (χ0) is 26.7. The standard InChI is InChI=1S/C25H19F3N6O2S2/c26-25(27,28)15-4-6-16(7-5-15)33-23(36)34-24-30-12-18(37-24)8-9-29-22-21-19(31-13-32-22)11-20(38-21)14-2-1-3-17(35)10-14/h1-7,10-13,35H,8-9H2,(H,29,31,32)(H2,30,33,34,36). The molecule has 0 radical (unpaired) electrons. The summed E-state index contributed by atoms with van der Waals surface area (Å²) >= 11 is 2.82. The van der Waals surface area contributed by atoms with E-state index in [1.54, 1.807) is 24.4 Å². The number of alkyl halides is 3. The fourth-order valence-corrected chi connectivity index (χ4v) is 5.45. The van der Waals surface area contributed by atoms with E-state index < -0.39 is 17.8 Å². The molecule has 5 rings (SSSR count). The van der Waals surface area contributed by atoms with Crippen molar-refractivity contribution in [2.75, 3.05) is 22.5 Å². The Hall–Kier alpha value is -4.23. The molecule has 0 spiro atoms. The lowest BCUT2D eigenvalue weighted by molar-refractivity contribution is -0.137. The molecule has 0 saturated heterocycles. The van der Waals surface area contributed by atoms with Gasteiger partial charge in [0, 0.05) is 34.6 Å². The molecule has 2 amide bonds. The topological polar surface area (TPSA) is 112 Å². The van der Waals surface area contributed by atoms with Crippen LogP contribution in [0.3, 0.4) is 0 Å². The molecule has 13 heteroatoms. The number of carbonyl (C=O) groups excluding carboxylic acids is 1. The van der Waals surface area contributed by atoms with E-state index in [9.17, 15) is 23.1 Å². The Morgan fingerprint density at radius 2 is 1.79 bits per heavy atom. The van der Waals surface area contributed by atoms with Gasteiger partial charge in [-0.25, -0.2) is 19.7 Å². The quantitative estimate of drug-likeness (QED) is 0.175. The summed E-state index contributed by atoms with van der Waals surface area (Å²) in [6.45, 7) is 0.560. The molecule has 4 N–H and O–H groups in total. The van der Waals surface area contributed by atoms with Gasteiger partial charge in [0.15, 0.2) is 5.13 Å². The second-order valence-corrected chi connectivity index (χ2v) is 10.2. The smallest absolute Gasteiger partial charge is 0.416 e. The van der Waals surface area contributed by atoms with Gasteiger partial charge in [-0.1, -0.05) is 12.1 Å². The average molecular weight is 557 g/mol. The third-order valence-corrected chi connectivity index (χ3v) is 7.50. The Kier molecular flexibility index (Phi) is 7.11. The summed E-state index contributed by atoms with van der Waals surface area (Å²) in [6.07, 6.45) is -0.670. The Bertz CT molecular complexity index is 1580. The molecule has 3 heterocycles. The zero-order valence-electron chi connectivity index (χ0n) is 19.4. The molecule has 2 aromatic carbocycles. The van der Waals surface area contributed by atoms with Crippen LogP contribution < -0.4 is 16.0 Å². The monoisotopic (exact) mass is 556 g/mol. The second kappa shape index (κ2) is 10.6. The van der Waals surface area contributed by atoms with Crippen LogP contribution in [0.25, 0.3) is 20.7 Å². The Labute approximate surface area is 222 Å². The highest BCUT2D eigenvalue weighted by Gasteiger charge is 2.30. The molecular formula is C25H19F3N6O2S2. The Morgan fingerprint density at radius 1 is 0.974 bits per heavy atom. The molecule has 0 aliphatic heterocycles. The van der Waals surface area contributed by atoms with Crippen LogP contribution in [0.1, 0.15) is 10.4 Å². The molecule has 38 heavy (non-hydrogen) atoms. The molecule has 0 aliphatic rings. The first-order valence-corrected chi connectivity index (χ1v) is 12.9. The van der Waals surface area contributed by atoms with Crippen LogP contribution >= 0.6 is 22.7 Å². The number of rotatable bonds is 7. The number of phenols is 1. The number of anilines is 3. The molecule has 8 nitrogen and oxygen atoms in total. The number of halogens is 3. The third kappa shape index (κ3) is 6.01. The number of urea groups is 1. The first-order chi connectivity index (χ1) is 18.2. The summed E-state index contributed by atoms with van der Waals surface area (Å²) < 4.78 is 38.9. The number of aromatic hydroxyl groups is 1. The predicted molar refractivity (Wildman–Crippen MR) is 143 cm³/mol. The van der Waals surface area contributed by atoms with Crippen molar-refractivity contribution in [3.05, 3.63) is 77.6 Å². The van der Waals surface area contributed by atoms with Gasteiger partial charge < -0.3 is 15.7 Å². The number of hydrogen-bond donors (Lipinski definition) is 4. The van der Waals surface area contributed by atoms with E-state index >= 15 is 0 Å². The van der Waals surface area contributed by atoms with Crippen molar-refractivity contribution >= 4 is 55.6 Å². The van der Waals surface area contributed by atoms with Gasteiger partial charge in [-0.05, 0) is 48.0 Å². The van der Waals surface area contributed by atoms with E-state index in [1.165, 1.54) is 41.1 Å². The average Bonchev–Trinajstić information content (AvgIpc) is 3.51. The summed E-state index contributed by atoms with van der Waals surface area (Å²) in [5.74, 6) is 0.894. The number of hydrogen-bond acceptors (Lipinski definition) is 8. The summed E-state index contributed by atoms with van der Waals surface area (Å²) in [7, 11) is 0. The summed E-state index contributed by atoms with van der Waals surface area (Å²) in [5, 5.41) is 18.5. The van der Waals surface area contributed by atoms with Crippen LogP contribution in [0, 0.1) is 0 Å². The minimum atomic E-state index is -4.44. The van der Waals surface area contributed by atoms with Crippen LogP contribution in [0.4, 0.5) is 34.6 Å². The maximum atomic E-state index is 12.7. The molecule has 0 bridgehead atoms. The number of fused-ring (bicyclic) bond motifs is 1. The number of aromatic nitrogens is 3. The lowest BCUT2D eigenvalue weighted by atomic mass is 10.2. The molecular weight excluding hydrogens is 537 g/mol. The van der Waals surface area contributed by atoms with Gasteiger partial charge in [0.05, 0.1) is 15.8 Å². The summed E-state index contributed by atoms with van der Waals surface area (Å²) in [6, 6.07) is 12.6. The first kappa shape index (κ1) is 25.4. The third-order valence-electron chi connectivity index (χ3n) is 5.35. The van der Waals surface area contributed by atoms with Gasteiger partial charge in [0.25, 0.3) is 0 Å². The Morgan fingerprint density at radius 3 is 2.55 bits per heavy atom. The van der Waals surface area contributed by atoms with Crippen LogP contribution in [0.5, 0.6) is 5.75 Å².